The van der Waals surface area contributed by atoms with E-state index in [1.165, 1.54) is 0 Å². The van der Waals surface area contributed by atoms with Crippen LogP contribution in [0.5, 0.6) is 28.7 Å². The molecule has 0 unspecified atom stereocenters. The summed E-state index contributed by atoms with van der Waals surface area (Å²) in [5, 5.41) is 47.7. The first-order chi connectivity index (χ1) is 22.2. The summed E-state index contributed by atoms with van der Waals surface area (Å²) in [5.74, 6) is 0.500. The molecule has 0 aliphatic carbocycles. The number of carbonyl (C=O) groups excluding carboxylic acids is 1. The minimum Gasteiger partial charge on any atom is -0.508 e. The van der Waals surface area contributed by atoms with Crippen LogP contribution in [0.25, 0.3) is 0 Å². The normalized spacial score (nSPS) is 12.9. The van der Waals surface area contributed by atoms with Crippen molar-refractivity contribution in [3.63, 3.8) is 0 Å². The number of carbonyl (C=O) groups is 1. The van der Waals surface area contributed by atoms with Crippen molar-refractivity contribution in [1.29, 1.82) is 0 Å². The fourth-order valence-electron chi connectivity index (χ4n) is 5.78. The Hall–Kier alpha value is -6.21. The number of hydrogen-bond acceptors (Lipinski definition) is 7. The molecular formula is C39H30O7. The molecule has 7 nitrogen and oxygen atoms in total. The molecule has 46 heavy (non-hydrogen) atoms. The fraction of sp³-hybridized carbons (Fsp3) is 0.0513. The monoisotopic (exact) mass is 610 g/mol. The molecule has 0 fully saturated rings. The van der Waals surface area contributed by atoms with Gasteiger partial charge in [0.15, 0.2) is 5.60 Å². The molecule has 0 aromatic heterocycles. The summed E-state index contributed by atoms with van der Waals surface area (Å²) in [7, 11) is 0. The number of rotatable bonds is 5. The highest BCUT2D eigenvalue weighted by molar-refractivity contribution is 5.96. The van der Waals surface area contributed by atoms with E-state index in [1.807, 2.05) is 48.5 Å². The molecular weight excluding hydrogens is 580 g/mol. The standard InChI is InChI=1S/C20H14O4.C19H16O3/c21-15-9-5-13(6-10-15)20(14-7-11-16(22)12-8-14)18-4-2-1-3-17(18)19(23)24-20;20-16-7-1-13(2-8-16)19(14-3-9-17(21)10-4-14)15-5-11-18(22)12-6-15/h1-12,21-22H;1-12,19-22H. The van der Waals surface area contributed by atoms with Crippen LogP contribution >= 0.6 is 0 Å². The average Bonchev–Trinajstić information content (AvgIpc) is 3.38. The molecule has 6 aromatic carbocycles. The van der Waals surface area contributed by atoms with E-state index in [2.05, 4.69) is 0 Å². The summed E-state index contributed by atoms with van der Waals surface area (Å²) in [6, 6.07) is 41.6. The Morgan fingerprint density at radius 2 is 0.761 bits per heavy atom. The zero-order valence-corrected chi connectivity index (χ0v) is 24.5. The van der Waals surface area contributed by atoms with Crippen LogP contribution in [0.3, 0.4) is 0 Å². The highest BCUT2D eigenvalue weighted by atomic mass is 16.6. The molecule has 0 radical (unpaired) electrons. The van der Waals surface area contributed by atoms with Gasteiger partial charge in [0.1, 0.15) is 28.7 Å². The van der Waals surface area contributed by atoms with E-state index >= 15 is 0 Å². The summed E-state index contributed by atoms with van der Waals surface area (Å²) in [6.07, 6.45) is 0. The third-order valence-corrected chi connectivity index (χ3v) is 8.00. The van der Waals surface area contributed by atoms with Crippen LogP contribution in [0.1, 0.15) is 49.7 Å². The van der Waals surface area contributed by atoms with Gasteiger partial charge in [-0.1, -0.05) is 78.9 Å². The number of phenols is 5. The smallest absolute Gasteiger partial charge is 0.340 e. The Balaban J connectivity index is 0.000000162. The predicted molar refractivity (Wildman–Crippen MR) is 173 cm³/mol. The summed E-state index contributed by atoms with van der Waals surface area (Å²) in [4.78, 5) is 12.4. The molecule has 0 bridgehead atoms. The van der Waals surface area contributed by atoms with Gasteiger partial charge in [-0.2, -0.15) is 0 Å². The van der Waals surface area contributed by atoms with E-state index in [1.54, 1.807) is 97.1 Å². The van der Waals surface area contributed by atoms with Gasteiger partial charge < -0.3 is 30.3 Å². The number of phenolic OH excluding ortho intramolecular Hbond substituents is 5. The van der Waals surface area contributed by atoms with Crippen molar-refractivity contribution in [1.82, 2.24) is 0 Å². The second-order valence-corrected chi connectivity index (χ2v) is 10.9. The van der Waals surface area contributed by atoms with E-state index in [4.69, 9.17) is 4.74 Å². The van der Waals surface area contributed by atoms with Gasteiger partial charge in [0, 0.05) is 22.6 Å². The number of hydrogen-bond donors (Lipinski definition) is 5. The van der Waals surface area contributed by atoms with Crippen LogP contribution in [0.15, 0.2) is 146 Å². The van der Waals surface area contributed by atoms with Crippen molar-refractivity contribution in [2.75, 3.05) is 0 Å². The molecule has 1 heterocycles. The van der Waals surface area contributed by atoms with Gasteiger partial charge in [0.25, 0.3) is 0 Å². The molecule has 6 aromatic rings. The van der Waals surface area contributed by atoms with Gasteiger partial charge in [-0.25, -0.2) is 4.79 Å². The van der Waals surface area contributed by atoms with Crippen molar-refractivity contribution in [3.8, 4) is 28.7 Å². The largest absolute Gasteiger partial charge is 0.508 e. The molecule has 7 rings (SSSR count). The second kappa shape index (κ2) is 12.4. The maximum absolute atomic E-state index is 12.4. The maximum Gasteiger partial charge on any atom is 0.340 e. The highest BCUT2D eigenvalue weighted by Crippen LogP contribution is 2.47. The second-order valence-electron chi connectivity index (χ2n) is 10.9. The Labute approximate surface area is 265 Å². The molecule has 0 amide bonds. The van der Waals surface area contributed by atoms with E-state index in [0.717, 1.165) is 33.4 Å². The van der Waals surface area contributed by atoms with E-state index in [9.17, 15) is 30.3 Å². The molecule has 1 aliphatic rings. The van der Waals surface area contributed by atoms with Crippen LogP contribution < -0.4 is 0 Å². The molecule has 0 spiro atoms. The SMILES string of the molecule is O=C1OC(c2ccc(O)cc2)(c2ccc(O)cc2)c2ccccc21.Oc1ccc(C(c2ccc(O)cc2)c2ccc(O)cc2)cc1. The van der Waals surface area contributed by atoms with Crippen molar-refractivity contribution < 1.29 is 35.1 Å². The molecule has 0 saturated heterocycles. The van der Waals surface area contributed by atoms with Gasteiger partial charge in [-0.05, 0) is 83.4 Å². The van der Waals surface area contributed by atoms with E-state index in [-0.39, 0.29) is 34.7 Å². The number of esters is 1. The van der Waals surface area contributed by atoms with Gasteiger partial charge in [0.2, 0.25) is 0 Å². The summed E-state index contributed by atoms with van der Waals surface area (Å²) in [5.41, 5.74) is 4.67. The summed E-state index contributed by atoms with van der Waals surface area (Å²) in [6.45, 7) is 0. The first kappa shape index (κ1) is 29.8. The number of cyclic esters (lactones) is 1. The summed E-state index contributed by atoms with van der Waals surface area (Å²) < 4.78 is 5.87. The lowest BCUT2D eigenvalue weighted by atomic mass is 9.80. The van der Waals surface area contributed by atoms with E-state index < -0.39 is 11.6 Å². The van der Waals surface area contributed by atoms with Crippen LogP contribution in [-0.4, -0.2) is 31.5 Å². The number of aromatic hydroxyl groups is 5. The Kier molecular flexibility index (Phi) is 8.06. The third kappa shape index (κ3) is 5.81. The Bertz CT molecular complexity index is 1790. The molecule has 0 atom stereocenters. The topological polar surface area (TPSA) is 127 Å². The van der Waals surface area contributed by atoms with Crippen LogP contribution in [0.2, 0.25) is 0 Å². The lowest BCUT2D eigenvalue weighted by Crippen LogP contribution is -2.29. The van der Waals surface area contributed by atoms with Crippen molar-refractivity contribution in [3.05, 3.63) is 185 Å². The minimum absolute atomic E-state index is 0.0400. The number of ether oxygens (including phenoxy) is 1. The molecule has 228 valence electrons. The lowest BCUT2D eigenvalue weighted by molar-refractivity contribution is 0.0251. The van der Waals surface area contributed by atoms with Gasteiger partial charge >= 0.3 is 5.97 Å². The van der Waals surface area contributed by atoms with Gasteiger partial charge in [-0.15, -0.1) is 0 Å². The van der Waals surface area contributed by atoms with Crippen LogP contribution in [-0.2, 0) is 10.3 Å². The summed E-state index contributed by atoms with van der Waals surface area (Å²) >= 11 is 0. The van der Waals surface area contributed by atoms with Crippen molar-refractivity contribution in [2.45, 2.75) is 11.5 Å². The molecule has 5 N–H and O–H groups in total. The Morgan fingerprint density at radius 1 is 0.435 bits per heavy atom. The molecule has 0 saturated carbocycles. The zero-order chi connectivity index (χ0) is 32.3. The predicted octanol–water partition coefficient (Wildman–Crippen LogP) is 7.54. The lowest BCUT2D eigenvalue weighted by Gasteiger charge is -2.30. The first-order valence-corrected chi connectivity index (χ1v) is 14.5. The van der Waals surface area contributed by atoms with Crippen LogP contribution in [0, 0.1) is 0 Å². The van der Waals surface area contributed by atoms with Gasteiger partial charge in [0.05, 0.1) is 5.56 Å². The minimum atomic E-state index is -1.10. The number of fused-ring (bicyclic) bond motifs is 1. The first-order valence-electron chi connectivity index (χ1n) is 14.5. The molecule has 7 heteroatoms. The fourth-order valence-corrected chi connectivity index (χ4v) is 5.78. The molecule has 1 aliphatic heterocycles. The third-order valence-electron chi connectivity index (χ3n) is 8.00. The van der Waals surface area contributed by atoms with Crippen molar-refractivity contribution in [2.24, 2.45) is 0 Å². The van der Waals surface area contributed by atoms with Crippen molar-refractivity contribution >= 4 is 5.97 Å². The zero-order valence-electron chi connectivity index (χ0n) is 24.5. The highest BCUT2D eigenvalue weighted by Gasteiger charge is 2.48. The van der Waals surface area contributed by atoms with Crippen LogP contribution in [0.4, 0.5) is 0 Å². The Morgan fingerprint density at radius 3 is 1.13 bits per heavy atom. The quantitative estimate of drug-likeness (QED) is 0.101. The van der Waals surface area contributed by atoms with E-state index in [0.29, 0.717) is 5.56 Å². The average molecular weight is 611 g/mol. The number of benzene rings is 6. The van der Waals surface area contributed by atoms with Gasteiger partial charge in [-0.3, -0.25) is 0 Å². The maximum atomic E-state index is 12.4.